The zero-order valence-corrected chi connectivity index (χ0v) is 15.5. The largest absolute Gasteiger partial charge is 0.379 e. The molecule has 1 saturated heterocycles. The number of rotatable bonds is 7. The average molecular weight is 468 g/mol. The van der Waals surface area contributed by atoms with E-state index in [1.54, 1.807) is 0 Å². The molecule has 4 nitrogen and oxygen atoms in total. The lowest BCUT2D eigenvalue weighted by atomic mass is 10.2. The highest BCUT2D eigenvalue weighted by molar-refractivity contribution is 14.1. The van der Waals surface area contributed by atoms with E-state index in [4.69, 9.17) is 9.47 Å². The molecule has 2 rings (SSSR count). The number of amides is 1. The molecule has 1 atom stereocenters. The van der Waals surface area contributed by atoms with Gasteiger partial charge in [0, 0.05) is 27.8 Å². The van der Waals surface area contributed by atoms with Gasteiger partial charge in [0.25, 0.3) is 5.91 Å². The Kier molecular flexibility index (Phi) is 7.42. The zero-order valence-electron chi connectivity index (χ0n) is 11.7. The fraction of sp³-hybridized carbons (Fsp3) is 0.533. The molecule has 0 aromatic heterocycles. The van der Waals surface area contributed by atoms with Crippen LogP contribution >= 0.6 is 38.5 Å². The molecule has 21 heavy (non-hydrogen) atoms. The van der Waals surface area contributed by atoms with E-state index in [2.05, 4.69) is 43.8 Å². The standard InChI is InChI=1S/C15H19BrINO3/c16-11-4-5-14(17)13(9-11)15(19)18-6-2-7-20-10-12-3-1-8-21-12/h4-5,9,12H,1-3,6-8,10H2,(H,18,19). The number of halogens is 2. The molecule has 1 aliphatic heterocycles. The number of nitrogens with one attached hydrogen (secondary N) is 1. The second-order valence-electron chi connectivity index (χ2n) is 4.94. The van der Waals surface area contributed by atoms with Crippen LogP contribution in [0.5, 0.6) is 0 Å². The summed E-state index contributed by atoms with van der Waals surface area (Å²) in [5, 5.41) is 2.92. The van der Waals surface area contributed by atoms with Crippen molar-refractivity contribution in [2.75, 3.05) is 26.4 Å². The first-order valence-corrected chi connectivity index (χ1v) is 8.96. The molecule has 1 fully saturated rings. The first kappa shape index (κ1) is 17.2. The molecule has 1 unspecified atom stereocenters. The summed E-state index contributed by atoms with van der Waals surface area (Å²) in [6.07, 6.45) is 3.30. The number of ether oxygens (including phenoxy) is 2. The Morgan fingerprint density at radius 3 is 3.14 bits per heavy atom. The number of benzene rings is 1. The highest BCUT2D eigenvalue weighted by Gasteiger charge is 2.15. The van der Waals surface area contributed by atoms with Gasteiger partial charge >= 0.3 is 0 Å². The number of carbonyl (C=O) groups excluding carboxylic acids is 1. The topological polar surface area (TPSA) is 47.6 Å². The van der Waals surface area contributed by atoms with Crippen molar-refractivity contribution in [3.8, 4) is 0 Å². The Bertz CT molecular complexity index is 478. The van der Waals surface area contributed by atoms with Crippen LogP contribution in [0.15, 0.2) is 22.7 Å². The molecule has 0 saturated carbocycles. The highest BCUT2D eigenvalue weighted by Crippen LogP contribution is 2.18. The van der Waals surface area contributed by atoms with E-state index in [1.807, 2.05) is 18.2 Å². The zero-order chi connectivity index (χ0) is 15.1. The molecular weight excluding hydrogens is 449 g/mol. The second kappa shape index (κ2) is 9.07. The average Bonchev–Trinajstić information content (AvgIpc) is 2.98. The molecule has 0 spiro atoms. The van der Waals surface area contributed by atoms with Gasteiger partial charge in [-0.3, -0.25) is 4.79 Å². The maximum Gasteiger partial charge on any atom is 0.252 e. The van der Waals surface area contributed by atoms with Gasteiger partial charge in [-0.15, -0.1) is 0 Å². The third-order valence-electron chi connectivity index (χ3n) is 3.25. The van der Waals surface area contributed by atoms with Gasteiger partial charge in [0.15, 0.2) is 0 Å². The van der Waals surface area contributed by atoms with Gasteiger partial charge in [0.1, 0.15) is 0 Å². The molecule has 1 amide bonds. The third kappa shape index (κ3) is 5.84. The molecule has 116 valence electrons. The summed E-state index contributed by atoms with van der Waals surface area (Å²) in [5.41, 5.74) is 0.699. The van der Waals surface area contributed by atoms with Crippen molar-refractivity contribution in [3.05, 3.63) is 31.8 Å². The van der Waals surface area contributed by atoms with Gasteiger partial charge in [-0.05, 0) is 60.1 Å². The van der Waals surface area contributed by atoms with Crippen LogP contribution in [-0.4, -0.2) is 38.4 Å². The van der Waals surface area contributed by atoms with Crippen molar-refractivity contribution >= 4 is 44.4 Å². The van der Waals surface area contributed by atoms with Crippen molar-refractivity contribution in [2.45, 2.75) is 25.4 Å². The summed E-state index contributed by atoms with van der Waals surface area (Å²) in [6.45, 7) is 2.79. The molecule has 1 aliphatic rings. The molecule has 0 radical (unpaired) electrons. The minimum absolute atomic E-state index is 0.0418. The smallest absolute Gasteiger partial charge is 0.252 e. The monoisotopic (exact) mass is 467 g/mol. The Labute approximate surface area is 147 Å². The summed E-state index contributed by atoms with van der Waals surface area (Å²) >= 11 is 5.55. The Balaban J connectivity index is 1.61. The van der Waals surface area contributed by atoms with E-state index in [0.29, 0.717) is 25.3 Å². The van der Waals surface area contributed by atoms with Gasteiger partial charge in [0.2, 0.25) is 0 Å². The van der Waals surface area contributed by atoms with Crippen LogP contribution in [0.3, 0.4) is 0 Å². The lowest BCUT2D eigenvalue weighted by molar-refractivity contribution is 0.0166. The van der Waals surface area contributed by atoms with Gasteiger partial charge in [-0.1, -0.05) is 15.9 Å². The first-order valence-electron chi connectivity index (χ1n) is 7.09. The van der Waals surface area contributed by atoms with Gasteiger partial charge in [-0.2, -0.15) is 0 Å². The normalized spacial score (nSPS) is 17.9. The number of carbonyl (C=O) groups is 1. The van der Waals surface area contributed by atoms with E-state index in [9.17, 15) is 4.79 Å². The highest BCUT2D eigenvalue weighted by atomic mass is 127. The fourth-order valence-corrected chi connectivity index (χ4v) is 3.07. The van der Waals surface area contributed by atoms with Gasteiger partial charge in [-0.25, -0.2) is 0 Å². The molecule has 1 aromatic carbocycles. The van der Waals surface area contributed by atoms with Crippen LogP contribution in [0.4, 0.5) is 0 Å². The lowest BCUT2D eigenvalue weighted by Crippen LogP contribution is -2.26. The Morgan fingerprint density at radius 1 is 1.52 bits per heavy atom. The summed E-state index contributed by atoms with van der Waals surface area (Å²) in [4.78, 5) is 12.1. The minimum atomic E-state index is -0.0418. The maximum atomic E-state index is 12.1. The summed E-state index contributed by atoms with van der Waals surface area (Å²) < 4.78 is 12.9. The van der Waals surface area contributed by atoms with E-state index in [-0.39, 0.29) is 12.0 Å². The molecule has 1 aromatic rings. The lowest BCUT2D eigenvalue weighted by Gasteiger charge is -2.10. The Hall–Kier alpha value is -0.180. The van der Waals surface area contributed by atoms with Crippen molar-refractivity contribution in [3.63, 3.8) is 0 Å². The molecule has 0 bridgehead atoms. The minimum Gasteiger partial charge on any atom is -0.379 e. The summed E-state index contributed by atoms with van der Waals surface area (Å²) in [5.74, 6) is -0.0418. The van der Waals surface area contributed by atoms with Crippen LogP contribution in [-0.2, 0) is 9.47 Å². The molecule has 0 aliphatic carbocycles. The second-order valence-corrected chi connectivity index (χ2v) is 7.02. The molecule has 1 heterocycles. The number of hydrogen-bond donors (Lipinski definition) is 1. The van der Waals surface area contributed by atoms with Crippen LogP contribution in [0.2, 0.25) is 0 Å². The summed E-state index contributed by atoms with van der Waals surface area (Å²) in [7, 11) is 0. The maximum absolute atomic E-state index is 12.1. The first-order chi connectivity index (χ1) is 10.2. The van der Waals surface area contributed by atoms with Crippen molar-refractivity contribution in [2.24, 2.45) is 0 Å². The van der Waals surface area contributed by atoms with E-state index in [1.165, 1.54) is 0 Å². The number of hydrogen-bond acceptors (Lipinski definition) is 3. The predicted octanol–water partition coefficient (Wildman–Crippen LogP) is 3.37. The SMILES string of the molecule is O=C(NCCCOCC1CCCO1)c1cc(Br)ccc1I. The molecule has 6 heteroatoms. The molecular formula is C15H19BrINO3. The third-order valence-corrected chi connectivity index (χ3v) is 4.69. The molecule has 1 N–H and O–H groups in total. The van der Waals surface area contributed by atoms with Crippen molar-refractivity contribution in [1.82, 2.24) is 5.32 Å². The summed E-state index contributed by atoms with van der Waals surface area (Å²) in [6, 6.07) is 5.69. The van der Waals surface area contributed by atoms with Crippen molar-refractivity contribution < 1.29 is 14.3 Å². The fourth-order valence-electron chi connectivity index (χ4n) is 2.13. The van der Waals surface area contributed by atoms with Crippen LogP contribution in [0.1, 0.15) is 29.6 Å². The van der Waals surface area contributed by atoms with Gasteiger partial charge in [0.05, 0.1) is 18.3 Å². The van der Waals surface area contributed by atoms with Crippen LogP contribution in [0, 0.1) is 3.57 Å². The predicted molar refractivity (Wildman–Crippen MR) is 93.6 cm³/mol. The quantitative estimate of drug-likeness (QED) is 0.494. The van der Waals surface area contributed by atoms with E-state index in [0.717, 1.165) is 33.9 Å². The Morgan fingerprint density at radius 2 is 2.38 bits per heavy atom. The van der Waals surface area contributed by atoms with Crippen molar-refractivity contribution in [1.29, 1.82) is 0 Å². The van der Waals surface area contributed by atoms with E-state index >= 15 is 0 Å². The van der Waals surface area contributed by atoms with Crippen LogP contribution < -0.4 is 5.32 Å². The van der Waals surface area contributed by atoms with Gasteiger partial charge < -0.3 is 14.8 Å². The van der Waals surface area contributed by atoms with E-state index < -0.39 is 0 Å². The van der Waals surface area contributed by atoms with Crippen LogP contribution in [0.25, 0.3) is 0 Å².